The molecule has 0 saturated carbocycles. The Labute approximate surface area is 150 Å². The first-order chi connectivity index (χ1) is 12.1. The number of carbonyl (C=O) groups excluding carboxylic acids is 1. The quantitative estimate of drug-likeness (QED) is 0.804. The molecule has 1 amide bonds. The van der Waals surface area contributed by atoms with E-state index in [9.17, 15) is 9.90 Å². The average molecular weight is 360 g/mol. The highest BCUT2D eigenvalue weighted by molar-refractivity contribution is 6.30. The van der Waals surface area contributed by atoms with Crippen LogP contribution in [-0.2, 0) is 17.8 Å². The number of carbonyl (C=O) groups is 1. The van der Waals surface area contributed by atoms with Gasteiger partial charge in [0, 0.05) is 23.6 Å². The molecule has 1 aliphatic rings. The summed E-state index contributed by atoms with van der Waals surface area (Å²) in [5, 5.41) is 13.3. The first-order valence-corrected chi connectivity index (χ1v) is 8.24. The summed E-state index contributed by atoms with van der Waals surface area (Å²) in [6.45, 7) is 3.96. The third-order valence-corrected chi connectivity index (χ3v) is 4.11. The highest BCUT2D eigenvalue weighted by Crippen LogP contribution is 2.39. The molecule has 0 radical (unpaired) electrons. The Morgan fingerprint density at radius 2 is 2.12 bits per heavy atom. The molecule has 25 heavy (non-hydrogen) atoms. The van der Waals surface area contributed by atoms with Gasteiger partial charge in [0.25, 0.3) is 0 Å². The van der Waals surface area contributed by atoms with Crippen LogP contribution in [0, 0.1) is 0 Å². The molecular formula is C19H18ClNO4. The predicted octanol–water partition coefficient (Wildman–Crippen LogP) is 3.23. The molecule has 0 fully saturated rings. The van der Waals surface area contributed by atoms with Gasteiger partial charge < -0.3 is 19.9 Å². The van der Waals surface area contributed by atoms with Crippen LogP contribution in [0.25, 0.3) is 0 Å². The molecular weight excluding hydrogens is 342 g/mol. The standard InChI is InChI=1S/C19H18ClNO4/c1-2-18(23)21-10-12-3-8-17(19-16(12)9-14(22)11-24-19)25-15-6-4-13(20)5-7-15/h2-8,14,22H,1,9-11H2,(H,21,23). The van der Waals surface area contributed by atoms with Crippen molar-refractivity contribution < 1.29 is 19.4 Å². The number of hydrogen-bond donors (Lipinski definition) is 2. The molecule has 0 saturated heterocycles. The summed E-state index contributed by atoms with van der Waals surface area (Å²) in [4.78, 5) is 11.4. The smallest absolute Gasteiger partial charge is 0.243 e. The minimum Gasteiger partial charge on any atom is -0.487 e. The highest BCUT2D eigenvalue weighted by Gasteiger charge is 2.24. The molecule has 0 bridgehead atoms. The number of fused-ring (bicyclic) bond motifs is 1. The van der Waals surface area contributed by atoms with E-state index in [1.165, 1.54) is 6.08 Å². The minimum absolute atomic E-state index is 0.201. The van der Waals surface area contributed by atoms with Crippen LogP contribution in [0.2, 0.25) is 5.02 Å². The Hall–Kier alpha value is -2.50. The summed E-state index contributed by atoms with van der Waals surface area (Å²) in [7, 11) is 0. The van der Waals surface area contributed by atoms with Gasteiger partial charge in [-0.25, -0.2) is 0 Å². The molecule has 1 unspecified atom stereocenters. The third-order valence-electron chi connectivity index (χ3n) is 3.86. The van der Waals surface area contributed by atoms with Crippen LogP contribution >= 0.6 is 11.6 Å². The molecule has 0 aliphatic carbocycles. The van der Waals surface area contributed by atoms with Gasteiger partial charge in [0.1, 0.15) is 12.4 Å². The molecule has 2 aromatic carbocycles. The molecule has 130 valence electrons. The van der Waals surface area contributed by atoms with E-state index in [1.807, 2.05) is 6.07 Å². The van der Waals surface area contributed by atoms with E-state index < -0.39 is 6.10 Å². The highest BCUT2D eigenvalue weighted by atomic mass is 35.5. The van der Waals surface area contributed by atoms with E-state index >= 15 is 0 Å². The van der Waals surface area contributed by atoms with Gasteiger partial charge in [-0.15, -0.1) is 0 Å². The van der Waals surface area contributed by atoms with E-state index in [4.69, 9.17) is 21.1 Å². The maximum Gasteiger partial charge on any atom is 0.243 e. The van der Waals surface area contributed by atoms with Gasteiger partial charge in [0.2, 0.25) is 5.91 Å². The normalized spacial score (nSPS) is 15.7. The van der Waals surface area contributed by atoms with Crippen molar-refractivity contribution in [1.29, 1.82) is 0 Å². The van der Waals surface area contributed by atoms with Crippen LogP contribution in [0.15, 0.2) is 49.1 Å². The van der Waals surface area contributed by atoms with Crippen molar-refractivity contribution in [2.75, 3.05) is 6.61 Å². The molecule has 1 aliphatic heterocycles. The Morgan fingerprint density at radius 3 is 2.84 bits per heavy atom. The van der Waals surface area contributed by atoms with E-state index in [-0.39, 0.29) is 12.5 Å². The SMILES string of the molecule is C=CC(=O)NCc1ccc(Oc2ccc(Cl)cc2)c2c1CC(O)CO2. The first-order valence-electron chi connectivity index (χ1n) is 7.86. The molecule has 0 spiro atoms. The molecule has 0 aromatic heterocycles. The number of nitrogens with one attached hydrogen (secondary N) is 1. The monoisotopic (exact) mass is 359 g/mol. The number of aliphatic hydroxyl groups excluding tert-OH is 1. The van der Waals surface area contributed by atoms with Crippen molar-refractivity contribution in [3.63, 3.8) is 0 Å². The summed E-state index contributed by atoms with van der Waals surface area (Å²) in [5.41, 5.74) is 1.70. The molecule has 2 aromatic rings. The lowest BCUT2D eigenvalue weighted by molar-refractivity contribution is -0.116. The van der Waals surface area contributed by atoms with Crippen molar-refractivity contribution in [1.82, 2.24) is 5.32 Å². The number of amides is 1. The zero-order valence-electron chi connectivity index (χ0n) is 13.5. The summed E-state index contributed by atoms with van der Waals surface area (Å²) >= 11 is 5.89. The lowest BCUT2D eigenvalue weighted by Crippen LogP contribution is -2.28. The second-order valence-corrected chi connectivity index (χ2v) is 6.11. The molecule has 5 nitrogen and oxygen atoms in total. The zero-order chi connectivity index (χ0) is 17.8. The molecule has 1 atom stereocenters. The van der Waals surface area contributed by atoms with Gasteiger partial charge in [-0.3, -0.25) is 4.79 Å². The molecule has 2 N–H and O–H groups in total. The zero-order valence-corrected chi connectivity index (χ0v) is 14.3. The number of hydrogen-bond acceptors (Lipinski definition) is 4. The number of halogens is 1. The molecule has 6 heteroatoms. The van der Waals surface area contributed by atoms with E-state index in [0.29, 0.717) is 35.2 Å². The Morgan fingerprint density at radius 1 is 1.36 bits per heavy atom. The molecule has 1 heterocycles. The van der Waals surface area contributed by atoms with Crippen LogP contribution in [0.1, 0.15) is 11.1 Å². The summed E-state index contributed by atoms with van der Waals surface area (Å²) in [6, 6.07) is 10.7. The van der Waals surface area contributed by atoms with Crippen molar-refractivity contribution in [3.8, 4) is 17.2 Å². The van der Waals surface area contributed by atoms with E-state index in [2.05, 4.69) is 11.9 Å². The summed E-state index contributed by atoms with van der Waals surface area (Å²) in [6.07, 6.45) is 1.06. The van der Waals surface area contributed by atoms with Crippen molar-refractivity contribution in [2.45, 2.75) is 19.1 Å². The topological polar surface area (TPSA) is 67.8 Å². The maximum atomic E-state index is 11.4. The first kappa shape index (κ1) is 17.3. The maximum absolute atomic E-state index is 11.4. The van der Waals surface area contributed by atoms with E-state index in [1.54, 1.807) is 30.3 Å². The molecule has 3 rings (SSSR count). The summed E-state index contributed by atoms with van der Waals surface area (Å²) in [5.74, 6) is 1.52. The van der Waals surface area contributed by atoms with Gasteiger partial charge in [-0.05, 0) is 42.0 Å². The Kier molecular flexibility index (Phi) is 5.26. The van der Waals surface area contributed by atoms with Crippen LogP contribution in [-0.4, -0.2) is 23.7 Å². The lowest BCUT2D eigenvalue weighted by Gasteiger charge is -2.26. The second kappa shape index (κ2) is 7.59. The fourth-order valence-corrected chi connectivity index (χ4v) is 2.76. The Balaban J connectivity index is 1.89. The predicted molar refractivity (Wildman–Crippen MR) is 95.2 cm³/mol. The second-order valence-electron chi connectivity index (χ2n) is 5.68. The van der Waals surface area contributed by atoms with Crippen LogP contribution in [0.5, 0.6) is 17.2 Å². The lowest BCUT2D eigenvalue weighted by atomic mass is 9.97. The number of benzene rings is 2. The fraction of sp³-hybridized carbons (Fsp3) is 0.211. The third kappa shape index (κ3) is 4.13. The fourth-order valence-electron chi connectivity index (χ4n) is 2.63. The van der Waals surface area contributed by atoms with E-state index in [0.717, 1.165) is 11.1 Å². The van der Waals surface area contributed by atoms with Crippen LogP contribution in [0.4, 0.5) is 0 Å². The van der Waals surface area contributed by atoms with Crippen molar-refractivity contribution in [3.05, 3.63) is 65.2 Å². The van der Waals surface area contributed by atoms with Gasteiger partial charge in [-0.2, -0.15) is 0 Å². The van der Waals surface area contributed by atoms with Gasteiger partial charge in [0.05, 0.1) is 6.10 Å². The Bertz CT molecular complexity index is 789. The van der Waals surface area contributed by atoms with Crippen molar-refractivity contribution >= 4 is 17.5 Å². The number of aliphatic hydroxyl groups is 1. The summed E-state index contributed by atoms with van der Waals surface area (Å²) < 4.78 is 11.6. The van der Waals surface area contributed by atoms with Gasteiger partial charge >= 0.3 is 0 Å². The van der Waals surface area contributed by atoms with Crippen LogP contribution < -0.4 is 14.8 Å². The van der Waals surface area contributed by atoms with Gasteiger partial charge in [0.15, 0.2) is 11.5 Å². The number of rotatable bonds is 5. The van der Waals surface area contributed by atoms with Crippen LogP contribution in [0.3, 0.4) is 0 Å². The average Bonchev–Trinajstić information content (AvgIpc) is 2.62. The van der Waals surface area contributed by atoms with Crippen molar-refractivity contribution in [2.24, 2.45) is 0 Å². The largest absolute Gasteiger partial charge is 0.487 e. The minimum atomic E-state index is -0.591. The number of ether oxygens (including phenoxy) is 2. The van der Waals surface area contributed by atoms with Gasteiger partial charge in [-0.1, -0.05) is 24.2 Å².